The first kappa shape index (κ1) is 21.5. The van der Waals surface area contributed by atoms with E-state index in [1.807, 2.05) is 66.7 Å². The maximum Gasteiger partial charge on any atom is 0.319 e. The van der Waals surface area contributed by atoms with E-state index < -0.39 is 18.0 Å². The van der Waals surface area contributed by atoms with Crippen molar-refractivity contribution in [3.8, 4) is 0 Å². The molecule has 0 unspecified atom stereocenters. The van der Waals surface area contributed by atoms with E-state index >= 15 is 0 Å². The van der Waals surface area contributed by atoms with Gasteiger partial charge in [-0.3, -0.25) is 9.59 Å². The fourth-order valence-corrected chi connectivity index (χ4v) is 3.73. The zero-order valence-corrected chi connectivity index (χ0v) is 18.0. The predicted octanol–water partition coefficient (Wildman–Crippen LogP) is 6.64. The number of benzene rings is 4. The Morgan fingerprint density at radius 2 is 1.06 bits per heavy atom. The molecule has 0 heterocycles. The highest BCUT2D eigenvalue weighted by molar-refractivity contribution is 6.30. The summed E-state index contributed by atoms with van der Waals surface area (Å²) in [5.41, 5.74) is 2.63. The van der Waals surface area contributed by atoms with Gasteiger partial charge < -0.3 is 4.74 Å². The van der Waals surface area contributed by atoms with Gasteiger partial charge in [0.1, 0.15) is 5.92 Å². The van der Waals surface area contributed by atoms with Crippen molar-refractivity contribution in [2.24, 2.45) is 0 Å². The first-order chi connectivity index (χ1) is 15.6. The Bertz CT molecular complexity index is 1130. The summed E-state index contributed by atoms with van der Waals surface area (Å²) in [4.78, 5) is 26.9. The molecule has 0 aromatic heterocycles. The second-order valence-corrected chi connectivity index (χ2v) is 7.79. The number of rotatable bonds is 7. The maximum atomic E-state index is 13.5. The molecule has 4 aromatic carbocycles. The Kier molecular flexibility index (Phi) is 6.78. The van der Waals surface area contributed by atoms with Gasteiger partial charge in [0.25, 0.3) is 0 Å². The number of ether oxygens (including phenoxy) is 1. The van der Waals surface area contributed by atoms with Gasteiger partial charge >= 0.3 is 5.97 Å². The smallest absolute Gasteiger partial charge is 0.319 e. The van der Waals surface area contributed by atoms with Gasteiger partial charge in [-0.1, -0.05) is 115 Å². The van der Waals surface area contributed by atoms with E-state index in [9.17, 15) is 9.59 Å². The van der Waals surface area contributed by atoms with Crippen LogP contribution in [0, 0.1) is 0 Å². The molecule has 0 N–H and O–H groups in total. The highest BCUT2D eigenvalue weighted by Gasteiger charge is 2.31. The first-order valence-corrected chi connectivity index (χ1v) is 10.7. The highest BCUT2D eigenvalue weighted by Crippen LogP contribution is 2.31. The number of hydrogen-bond donors (Lipinski definition) is 0. The summed E-state index contributed by atoms with van der Waals surface area (Å²) in [6.07, 6.45) is -1.09. The van der Waals surface area contributed by atoms with Crippen molar-refractivity contribution in [2.75, 3.05) is 0 Å². The molecule has 0 aliphatic heterocycles. The molecule has 0 aliphatic rings. The quantitative estimate of drug-likeness (QED) is 0.239. The minimum atomic E-state index is -1.09. The molecule has 0 radical (unpaired) electrons. The molecule has 4 aromatic rings. The van der Waals surface area contributed by atoms with Gasteiger partial charge in [0.15, 0.2) is 6.10 Å². The topological polar surface area (TPSA) is 43.4 Å². The Morgan fingerprint density at radius 1 is 0.594 bits per heavy atom. The number of ketones is 1. The van der Waals surface area contributed by atoms with Crippen LogP contribution in [0.25, 0.3) is 0 Å². The van der Waals surface area contributed by atoms with E-state index in [0.29, 0.717) is 16.1 Å². The van der Waals surface area contributed by atoms with Crippen molar-refractivity contribution in [3.05, 3.63) is 143 Å². The van der Waals surface area contributed by atoms with Gasteiger partial charge in [-0.05, 0) is 23.3 Å². The summed E-state index contributed by atoms with van der Waals surface area (Å²) < 4.78 is 5.93. The van der Waals surface area contributed by atoms with Crippen LogP contribution in [-0.4, -0.2) is 11.8 Å². The summed E-state index contributed by atoms with van der Waals surface area (Å²) in [5.74, 6) is -1.44. The Morgan fingerprint density at radius 3 is 1.56 bits per heavy atom. The summed E-state index contributed by atoms with van der Waals surface area (Å²) in [6, 6.07) is 34.5. The zero-order valence-electron chi connectivity index (χ0n) is 17.2. The van der Waals surface area contributed by atoms with Crippen molar-refractivity contribution in [2.45, 2.75) is 12.0 Å². The molecule has 0 bridgehead atoms. The molecular formula is C28H21ClO3. The molecule has 4 rings (SSSR count). The third kappa shape index (κ3) is 4.96. The van der Waals surface area contributed by atoms with Gasteiger partial charge in [0, 0.05) is 16.1 Å². The average Bonchev–Trinajstić information content (AvgIpc) is 2.85. The lowest BCUT2D eigenvalue weighted by atomic mass is 9.91. The van der Waals surface area contributed by atoms with Gasteiger partial charge in [0.2, 0.25) is 5.78 Å². The van der Waals surface area contributed by atoms with Crippen LogP contribution in [0.3, 0.4) is 0 Å². The summed E-state index contributed by atoms with van der Waals surface area (Å²) >= 11 is 6.04. The van der Waals surface area contributed by atoms with E-state index in [0.717, 1.165) is 11.1 Å². The van der Waals surface area contributed by atoms with Crippen molar-refractivity contribution in [1.82, 2.24) is 0 Å². The number of esters is 1. The number of hydrogen-bond acceptors (Lipinski definition) is 3. The lowest BCUT2D eigenvalue weighted by Crippen LogP contribution is -2.24. The molecule has 0 saturated carbocycles. The summed E-state index contributed by atoms with van der Waals surface area (Å²) in [6.45, 7) is 0. The number of carbonyl (C=O) groups is 2. The van der Waals surface area contributed by atoms with E-state index in [4.69, 9.17) is 16.3 Å². The van der Waals surface area contributed by atoms with Gasteiger partial charge in [-0.2, -0.15) is 0 Å². The van der Waals surface area contributed by atoms with Crippen LogP contribution in [0.15, 0.2) is 115 Å². The minimum Gasteiger partial charge on any atom is -0.448 e. The Hall–Kier alpha value is -3.69. The maximum absolute atomic E-state index is 13.5. The second-order valence-electron chi connectivity index (χ2n) is 7.35. The van der Waals surface area contributed by atoms with Crippen molar-refractivity contribution >= 4 is 23.4 Å². The van der Waals surface area contributed by atoms with Gasteiger partial charge in [0.05, 0.1) is 0 Å². The van der Waals surface area contributed by atoms with E-state index in [-0.39, 0.29) is 5.78 Å². The molecule has 0 aliphatic carbocycles. The summed E-state index contributed by atoms with van der Waals surface area (Å²) in [5, 5.41) is 0.539. The van der Waals surface area contributed by atoms with Crippen LogP contribution in [0.4, 0.5) is 0 Å². The molecule has 32 heavy (non-hydrogen) atoms. The standard InChI is InChI=1S/C28H21ClO3/c29-24-18-16-23(17-19-24)27(26(30)22-14-8-3-9-15-22)32-28(31)25(20-10-4-1-5-11-20)21-12-6-2-7-13-21/h1-19,25,27H/t27-/m0/s1. The number of halogens is 1. The predicted molar refractivity (Wildman–Crippen MR) is 126 cm³/mol. The second kappa shape index (κ2) is 10.1. The highest BCUT2D eigenvalue weighted by atomic mass is 35.5. The molecule has 1 atom stereocenters. The van der Waals surface area contributed by atoms with Crippen LogP contribution in [0.2, 0.25) is 5.02 Å². The van der Waals surface area contributed by atoms with Crippen LogP contribution in [0.1, 0.15) is 39.1 Å². The largest absolute Gasteiger partial charge is 0.448 e. The molecule has 0 amide bonds. The molecule has 0 saturated heterocycles. The van der Waals surface area contributed by atoms with Crippen molar-refractivity contribution in [3.63, 3.8) is 0 Å². The fraction of sp³-hybridized carbons (Fsp3) is 0.0714. The molecular weight excluding hydrogens is 420 g/mol. The molecule has 158 valence electrons. The Labute approximate surface area is 192 Å². The van der Waals surface area contributed by atoms with Crippen LogP contribution in [-0.2, 0) is 9.53 Å². The van der Waals surface area contributed by atoms with Crippen LogP contribution in [0.5, 0.6) is 0 Å². The number of carbonyl (C=O) groups excluding carboxylic acids is 2. The van der Waals surface area contributed by atoms with Crippen LogP contribution < -0.4 is 0 Å². The van der Waals surface area contributed by atoms with E-state index in [2.05, 4.69) is 0 Å². The normalized spacial score (nSPS) is 11.7. The molecule has 3 nitrogen and oxygen atoms in total. The van der Waals surface area contributed by atoms with Gasteiger partial charge in [-0.25, -0.2) is 0 Å². The van der Waals surface area contributed by atoms with Gasteiger partial charge in [-0.15, -0.1) is 0 Å². The first-order valence-electron chi connectivity index (χ1n) is 10.3. The monoisotopic (exact) mass is 440 g/mol. The average molecular weight is 441 g/mol. The molecule has 4 heteroatoms. The van der Waals surface area contributed by atoms with Crippen LogP contribution >= 0.6 is 11.6 Å². The van der Waals surface area contributed by atoms with Crippen molar-refractivity contribution in [1.29, 1.82) is 0 Å². The zero-order chi connectivity index (χ0) is 22.3. The summed E-state index contributed by atoms with van der Waals surface area (Å²) in [7, 11) is 0. The lowest BCUT2D eigenvalue weighted by Gasteiger charge is -2.22. The fourth-order valence-electron chi connectivity index (χ4n) is 3.60. The SMILES string of the molecule is O=C(O[C@H](C(=O)c1ccccc1)c1ccc(Cl)cc1)C(c1ccccc1)c1ccccc1. The third-order valence-electron chi connectivity index (χ3n) is 5.20. The molecule has 0 fully saturated rings. The third-order valence-corrected chi connectivity index (χ3v) is 5.46. The van der Waals surface area contributed by atoms with Crippen molar-refractivity contribution < 1.29 is 14.3 Å². The lowest BCUT2D eigenvalue weighted by molar-refractivity contribution is -0.148. The van der Waals surface area contributed by atoms with E-state index in [1.165, 1.54) is 0 Å². The molecule has 0 spiro atoms. The number of Topliss-reactive ketones (excluding diaryl/α,β-unsaturated/α-hetero) is 1. The Balaban J connectivity index is 1.72. The minimum absolute atomic E-state index is 0.291. The van der Waals surface area contributed by atoms with E-state index in [1.54, 1.807) is 48.5 Å².